The highest BCUT2D eigenvalue weighted by atomic mass is 16.6. The first kappa shape index (κ1) is 34.5. The number of rotatable bonds is 20. The predicted molar refractivity (Wildman–Crippen MR) is 171 cm³/mol. The second-order valence-electron chi connectivity index (χ2n) is 9.88. The number of ether oxygens (including phenoxy) is 6. The molecule has 9 nitrogen and oxygen atoms in total. The number of unbranched alkanes of at least 4 members (excludes halogenated alkanes) is 2. The minimum Gasteiger partial charge on any atom is -0.494 e. The molecule has 0 aromatic heterocycles. The molecule has 0 saturated heterocycles. The summed E-state index contributed by atoms with van der Waals surface area (Å²) in [6.07, 6.45) is 4.52. The van der Waals surface area contributed by atoms with E-state index >= 15 is 0 Å². The fourth-order valence-electron chi connectivity index (χ4n) is 3.87. The normalized spacial score (nSPS) is 11.1. The molecule has 0 heterocycles. The molecule has 45 heavy (non-hydrogen) atoms. The molecule has 0 aliphatic heterocycles. The van der Waals surface area contributed by atoms with Crippen molar-refractivity contribution in [3.05, 3.63) is 121 Å². The molecule has 0 aliphatic carbocycles. The highest BCUT2D eigenvalue weighted by Gasteiger charge is 2.14. The number of hydrogen-bond acceptors (Lipinski definition) is 9. The lowest BCUT2D eigenvalue weighted by molar-refractivity contribution is -0.137. The molecule has 3 rings (SSSR count). The molecule has 0 spiro atoms. The summed E-state index contributed by atoms with van der Waals surface area (Å²) in [7, 11) is 0. The van der Waals surface area contributed by atoms with Crippen LogP contribution in [0.3, 0.4) is 0 Å². The fraction of sp³-hybridized carbons (Fsp3) is 0.278. The van der Waals surface area contributed by atoms with Crippen LogP contribution in [-0.2, 0) is 14.3 Å². The first-order chi connectivity index (χ1) is 21.8. The van der Waals surface area contributed by atoms with E-state index in [2.05, 4.69) is 19.7 Å². The highest BCUT2D eigenvalue weighted by molar-refractivity contribution is 5.91. The van der Waals surface area contributed by atoms with Crippen molar-refractivity contribution in [2.45, 2.75) is 38.9 Å². The van der Waals surface area contributed by atoms with Crippen molar-refractivity contribution in [2.75, 3.05) is 26.4 Å². The Hall–Kier alpha value is -5.02. The summed E-state index contributed by atoms with van der Waals surface area (Å²) in [6.45, 7) is 14.3. The van der Waals surface area contributed by atoms with Crippen LogP contribution in [0.15, 0.2) is 104 Å². The van der Waals surface area contributed by atoms with Crippen molar-refractivity contribution < 1.29 is 43.1 Å². The fourth-order valence-corrected chi connectivity index (χ4v) is 3.87. The van der Waals surface area contributed by atoms with E-state index in [4.69, 9.17) is 28.4 Å². The van der Waals surface area contributed by atoms with Gasteiger partial charge in [-0.25, -0.2) is 9.59 Å². The number of aliphatic hydroxyl groups is 1. The summed E-state index contributed by atoms with van der Waals surface area (Å²) in [6, 6.07) is 18.6. The van der Waals surface area contributed by atoms with Gasteiger partial charge in [0.25, 0.3) is 0 Å². The monoisotopic (exact) mass is 616 g/mol. The number of esters is 2. The third-order valence-corrected chi connectivity index (χ3v) is 6.39. The topological polar surface area (TPSA) is 110 Å². The Bertz CT molecular complexity index is 1410. The lowest BCUT2D eigenvalue weighted by Crippen LogP contribution is -2.10. The summed E-state index contributed by atoms with van der Waals surface area (Å²) >= 11 is 0. The first-order valence-corrected chi connectivity index (χ1v) is 14.7. The molecule has 1 atom stereocenters. The molecule has 0 fully saturated rings. The van der Waals surface area contributed by atoms with Crippen LogP contribution in [-0.4, -0.2) is 43.5 Å². The Morgan fingerprint density at radius 3 is 1.89 bits per heavy atom. The Morgan fingerprint density at radius 1 is 0.756 bits per heavy atom. The van der Waals surface area contributed by atoms with Gasteiger partial charge in [0.05, 0.1) is 32.0 Å². The molecule has 0 saturated carbocycles. The number of aliphatic hydroxyl groups excluding tert-OH is 1. The Kier molecular flexibility index (Phi) is 14.2. The van der Waals surface area contributed by atoms with Gasteiger partial charge in [0.15, 0.2) is 0 Å². The van der Waals surface area contributed by atoms with Crippen LogP contribution in [0.25, 0.3) is 0 Å². The van der Waals surface area contributed by atoms with E-state index in [0.717, 1.165) is 25.3 Å². The summed E-state index contributed by atoms with van der Waals surface area (Å²) < 4.78 is 33.0. The highest BCUT2D eigenvalue weighted by Crippen LogP contribution is 2.28. The van der Waals surface area contributed by atoms with Gasteiger partial charge in [0.1, 0.15) is 28.8 Å². The van der Waals surface area contributed by atoms with Gasteiger partial charge in [-0.3, -0.25) is 0 Å². The van der Waals surface area contributed by atoms with Gasteiger partial charge in [-0.1, -0.05) is 19.7 Å². The van der Waals surface area contributed by atoms with Crippen molar-refractivity contribution >= 4 is 11.9 Å². The standard InChI is InChI=1S/C36H40O9/c1-5-27(4)40-21-7-8-22-41-30-15-11-28(12-16-30)35(38)44-32-19-20-33(26(3)25-32)45-36(39)29-13-17-31(18-14-29)42-23-9-10-24-43-34(37)6-2/h5-6,11-20,25,36,39H,1-2,4,7-10,21-24H2,3H3. The van der Waals surface area contributed by atoms with Crippen molar-refractivity contribution in [3.63, 3.8) is 0 Å². The Labute approximate surface area is 264 Å². The molecule has 0 aliphatic rings. The average molecular weight is 617 g/mol. The van der Waals surface area contributed by atoms with Gasteiger partial charge in [-0.15, -0.1) is 0 Å². The summed E-state index contributed by atoms with van der Waals surface area (Å²) in [4.78, 5) is 23.7. The summed E-state index contributed by atoms with van der Waals surface area (Å²) in [5, 5.41) is 10.6. The van der Waals surface area contributed by atoms with Gasteiger partial charge in [0.2, 0.25) is 6.29 Å². The average Bonchev–Trinajstić information content (AvgIpc) is 3.05. The van der Waals surface area contributed by atoms with E-state index in [1.165, 1.54) is 0 Å². The zero-order valence-electron chi connectivity index (χ0n) is 25.6. The molecule has 0 bridgehead atoms. The molecule has 1 unspecified atom stereocenters. The maximum absolute atomic E-state index is 12.7. The van der Waals surface area contributed by atoms with Gasteiger partial charge in [0, 0.05) is 11.6 Å². The Balaban J connectivity index is 1.41. The minimum atomic E-state index is -1.21. The van der Waals surface area contributed by atoms with Gasteiger partial charge in [-0.05, 0) is 111 Å². The number of carbonyl (C=O) groups is 2. The number of carbonyl (C=O) groups excluding carboxylic acids is 2. The number of aryl methyl sites for hydroxylation is 1. The molecule has 1 N–H and O–H groups in total. The zero-order valence-corrected chi connectivity index (χ0v) is 25.6. The van der Waals surface area contributed by atoms with Crippen molar-refractivity contribution in [3.8, 4) is 23.0 Å². The smallest absolute Gasteiger partial charge is 0.343 e. The van der Waals surface area contributed by atoms with Crippen LogP contribution in [0.2, 0.25) is 0 Å². The SMILES string of the molecule is C=CC(=C)OCCCCOc1ccc(C(=O)Oc2ccc(OC(O)c3ccc(OCCCCOC(=O)C=C)cc3)c(C)c2)cc1. The third-order valence-electron chi connectivity index (χ3n) is 6.39. The summed E-state index contributed by atoms with van der Waals surface area (Å²) in [5.74, 6) is 1.70. The molecule has 238 valence electrons. The minimum absolute atomic E-state index is 0.316. The molecule has 3 aromatic carbocycles. The lowest BCUT2D eigenvalue weighted by Gasteiger charge is -2.17. The van der Waals surface area contributed by atoms with Crippen molar-refractivity contribution in [1.82, 2.24) is 0 Å². The van der Waals surface area contributed by atoms with Crippen LogP contribution in [0.1, 0.15) is 53.5 Å². The second kappa shape index (κ2) is 18.6. The molecule has 0 radical (unpaired) electrons. The molecule has 0 amide bonds. The van der Waals surface area contributed by atoms with Gasteiger partial charge in [-0.2, -0.15) is 0 Å². The second-order valence-corrected chi connectivity index (χ2v) is 9.88. The number of benzene rings is 3. The predicted octanol–water partition coefficient (Wildman–Crippen LogP) is 7.05. The van der Waals surface area contributed by atoms with Crippen molar-refractivity contribution in [1.29, 1.82) is 0 Å². The van der Waals surface area contributed by atoms with Crippen molar-refractivity contribution in [2.24, 2.45) is 0 Å². The van der Waals surface area contributed by atoms with E-state index in [-0.39, 0.29) is 0 Å². The van der Waals surface area contributed by atoms with E-state index in [1.54, 1.807) is 79.7 Å². The van der Waals surface area contributed by atoms with E-state index < -0.39 is 18.2 Å². The number of hydrogen-bond donors (Lipinski definition) is 1. The molecular weight excluding hydrogens is 576 g/mol. The van der Waals surface area contributed by atoms with E-state index in [0.29, 0.717) is 78.3 Å². The molecule has 9 heteroatoms. The van der Waals surface area contributed by atoms with E-state index in [1.807, 2.05) is 0 Å². The molecular formula is C36H40O9. The van der Waals surface area contributed by atoms with Crippen LogP contribution < -0.4 is 18.9 Å². The lowest BCUT2D eigenvalue weighted by atomic mass is 10.2. The largest absolute Gasteiger partial charge is 0.494 e. The third kappa shape index (κ3) is 12.2. The molecule has 3 aromatic rings. The van der Waals surface area contributed by atoms with Gasteiger partial charge >= 0.3 is 11.9 Å². The van der Waals surface area contributed by atoms with Crippen LogP contribution in [0.5, 0.6) is 23.0 Å². The summed E-state index contributed by atoms with van der Waals surface area (Å²) in [5.41, 5.74) is 1.61. The van der Waals surface area contributed by atoms with Crippen LogP contribution in [0, 0.1) is 6.92 Å². The zero-order chi connectivity index (χ0) is 32.4. The van der Waals surface area contributed by atoms with Crippen LogP contribution >= 0.6 is 0 Å². The van der Waals surface area contributed by atoms with Gasteiger partial charge < -0.3 is 33.5 Å². The number of allylic oxidation sites excluding steroid dienone is 1. The van der Waals surface area contributed by atoms with Crippen LogP contribution in [0.4, 0.5) is 0 Å². The Morgan fingerprint density at radius 2 is 1.31 bits per heavy atom. The van der Waals surface area contributed by atoms with E-state index in [9.17, 15) is 14.7 Å². The maximum Gasteiger partial charge on any atom is 0.343 e. The first-order valence-electron chi connectivity index (χ1n) is 14.7. The quantitative estimate of drug-likeness (QED) is 0.0272. The maximum atomic E-state index is 12.7.